The minimum atomic E-state index is 0.0551. The average Bonchev–Trinajstić information content (AvgIpc) is 2.48. The maximum Gasteiger partial charge on any atom is 0.225 e. The molecule has 1 aliphatic rings. The van der Waals surface area contributed by atoms with Crippen molar-refractivity contribution in [2.45, 2.75) is 13.3 Å². The second-order valence-corrected chi connectivity index (χ2v) is 5.37. The minimum Gasteiger partial charge on any atom is -0.379 e. The van der Waals surface area contributed by atoms with Gasteiger partial charge in [-0.25, -0.2) is 0 Å². The topological polar surface area (TPSA) is 53.6 Å². The molecule has 0 radical (unpaired) electrons. The van der Waals surface area contributed by atoms with Gasteiger partial charge < -0.3 is 15.4 Å². The van der Waals surface area contributed by atoms with Crippen molar-refractivity contribution in [1.82, 2.24) is 10.2 Å². The molecule has 1 aliphatic heterocycles. The third-order valence-corrected chi connectivity index (χ3v) is 3.54. The maximum atomic E-state index is 11.8. The zero-order valence-corrected chi connectivity index (χ0v) is 12.7. The van der Waals surface area contributed by atoms with Crippen LogP contribution in [-0.2, 0) is 9.53 Å². The Kier molecular flexibility index (Phi) is 6.66. The van der Waals surface area contributed by atoms with Gasteiger partial charge in [-0.05, 0) is 24.6 Å². The van der Waals surface area contributed by atoms with Gasteiger partial charge in [0.05, 0.1) is 13.2 Å². The van der Waals surface area contributed by atoms with Crippen LogP contribution in [0.1, 0.15) is 12.0 Å². The van der Waals surface area contributed by atoms with Crippen LogP contribution in [-0.4, -0.2) is 56.7 Å². The van der Waals surface area contributed by atoms with Crippen LogP contribution >= 0.6 is 0 Å². The summed E-state index contributed by atoms with van der Waals surface area (Å²) in [6, 6.07) is 7.86. The van der Waals surface area contributed by atoms with Gasteiger partial charge in [0.2, 0.25) is 5.91 Å². The number of aryl methyl sites for hydroxylation is 1. The predicted molar refractivity (Wildman–Crippen MR) is 84.6 cm³/mol. The van der Waals surface area contributed by atoms with Crippen LogP contribution in [0.2, 0.25) is 0 Å². The van der Waals surface area contributed by atoms with Gasteiger partial charge in [0.1, 0.15) is 0 Å². The highest BCUT2D eigenvalue weighted by Crippen LogP contribution is 2.09. The van der Waals surface area contributed by atoms with E-state index in [1.165, 1.54) is 0 Å². The van der Waals surface area contributed by atoms with Crippen LogP contribution in [0, 0.1) is 6.92 Å². The van der Waals surface area contributed by atoms with Gasteiger partial charge in [0, 0.05) is 44.8 Å². The largest absolute Gasteiger partial charge is 0.379 e. The third kappa shape index (κ3) is 6.25. The summed E-state index contributed by atoms with van der Waals surface area (Å²) >= 11 is 0. The summed E-state index contributed by atoms with van der Waals surface area (Å²) in [5, 5.41) is 6.23. The second-order valence-electron chi connectivity index (χ2n) is 5.37. The lowest BCUT2D eigenvalue weighted by Gasteiger charge is -2.26. The molecular formula is C16H25N3O2. The molecule has 5 nitrogen and oxygen atoms in total. The Morgan fingerprint density at radius 1 is 1.29 bits per heavy atom. The zero-order chi connectivity index (χ0) is 14.9. The van der Waals surface area contributed by atoms with Crippen molar-refractivity contribution in [1.29, 1.82) is 0 Å². The zero-order valence-electron chi connectivity index (χ0n) is 12.7. The highest BCUT2D eigenvalue weighted by Gasteiger charge is 2.09. The molecule has 1 heterocycles. The molecule has 1 aromatic carbocycles. The fourth-order valence-corrected chi connectivity index (χ4v) is 2.34. The first-order chi connectivity index (χ1) is 10.2. The lowest BCUT2D eigenvalue weighted by atomic mass is 10.2. The molecule has 2 rings (SSSR count). The fraction of sp³-hybridized carbons (Fsp3) is 0.562. The molecule has 0 saturated carbocycles. The Labute approximate surface area is 126 Å². The summed E-state index contributed by atoms with van der Waals surface area (Å²) in [6.45, 7) is 8.34. The van der Waals surface area contributed by atoms with Gasteiger partial charge in [0.15, 0.2) is 0 Å². The molecule has 2 N–H and O–H groups in total. The van der Waals surface area contributed by atoms with E-state index in [1.54, 1.807) is 0 Å². The van der Waals surface area contributed by atoms with E-state index in [0.29, 0.717) is 13.0 Å². The number of carbonyl (C=O) groups is 1. The first-order valence-electron chi connectivity index (χ1n) is 7.61. The van der Waals surface area contributed by atoms with E-state index in [0.717, 1.165) is 50.6 Å². The Bertz CT molecular complexity index is 445. The fourth-order valence-electron chi connectivity index (χ4n) is 2.34. The molecule has 1 fully saturated rings. The molecule has 0 bridgehead atoms. The number of nitrogens with zero attached hydrogens (tertiary/aromatic N) is 1. The molecule has 0 atom stereocenters. The van der Waals surface area contributed by atoms with E-state index in [-0.39, 0.29) is 5.91 Å². The van der Waals surface area contributed by atoms with Crippen molar-refractivity contribution >= 4 is 11.6 Å². The molecule has 5 heteroatoms. The molecule has 21 heavy (non-hydrogen) atoms. The number of carbonyl (C=O) groups excluding carboxylic acids is 1. The van der Waals surface area contributed by atoms with Gasteiger partial charge in [-0.1, -0.05) is 12.1 Å². The Balaban J connectivity index is 1.54. The number of anilines is 1. The summed E-state index contributed by atoms with van der Waals surface area (Å²) in [5.41, 5.74) is 2.02. The quantitative estimate of drug-likeness (QED) is 0.742. The minimum absolute atomic E-state index is 0.0551. The van der Waals surface area contributed by atoms with Crippen molar-refractivity contribution in [3.63, 3.8) is 0 Å². The van der Waals surface area contributed by atoms with Gasteiger partial charge >= 0.3 is 0 Å². The smallest absolute Gasteiger partial charge is 0.225 e. The van der Waals surface area contributed by atoms with Gasteiger partial charge in [-0.3, -0.25) is 9.69 Å². The number of nitrogens with one attached hydrogen (secondary N) is 2. The highest BCUT2D eigenvalue weighted by atomic mass is 16.5. The molecule has 1 aromatic rings. The Hall–Kier alpha value is -1.43. The predicted octanol–water partition coefficient (Wildman–Crippen LogP) is 1.25. The molecule has 0 unspecified atom stereocenters. The summed E-state index contributed by atoms with van der Waals surface area (Å²) < 4.78 is 5.31. The average molecular weight is 291 g/mol. The van der Waals surface area contributed by atoms with Crippen LogP contribution in [0.15, 0.2) is 24.3 Å². The Morgan fingerprint density at radius 3 is 2.86 bits per heavy atom. The van der Waals surface area contributed by atoms with Crippen molar-refractivity contribution in [3.8, 4) is 0 Å². The van der Waals surface area contributed by atoms with E-state index in [2.05, 4.69) is 15.5 Å². The lowest BCUT2D eigenvalue weighted by Crippen LogP contribution is -2.40. The van der Waals surface area contributed by atoms with E-state index >= 15 is 0 Å². The van der Waals surface area contributed by atoms with E-state index in [1.807, 2.05) is 31.2 Å². The van der Waals surface area contributed by atoms with E-state index < -0.39 is 0 Å². The molecule has 0 aliphatic carbocycles. The molecular weight excluding hydrogens is 266 g/mol. The maximum absolute atomic E-state index is 11.8. The van der Waals surface area contributed by atoms with Crippen LogP contribution in [0.4, 0.5) is 5.69 Å². The Morgan fingerprint density at radius 2 is 2.10 bits per heavy atom. The number of hydrogen-bond donors (Lipinski definition) is 2. The number of rotatable bonds is 7. The van der Waals surface area contributed by atoms with E-state index in [9.17, 15) is 4.79 Å². The second kappa shape index (κ2) is 8.77. The monoisotopic (exact) mass is 291 g/mol. The molecule has 0 spiro atoms. The van der Waals surface area contributed by atoms with Crippen LogP contribution in [0.3, 0.4) is 0 Å². The van der Waals surface area contributed by atoms with Gasteiger partial charge in [-0.15, -0.1) is 0 Å². The van der Waals surface area contributed by atoms with E-state index in [4.69, 9.17) is 4.74 Å². The number of amides is 1. The molecule has 1 amide bonds. The van der Waals surface area contributed by atoms with Gasteiger partial charge in [-0.2, -0.15) is 0 Å². The lowest BCUT2D eigenvalue weighted by molar-refractivity contribution is -0.116. The first-order valence-corrected chi connectivity index (χ1v) is 7.61. The van der Waals surface area contributed by atoms with Gasteiger partial charge in [0.25, 0.3) is 0 Å². The first kappa shape index (κ1) is 15.9. The van der Waals surface area contributed by atoms with Crippen LogP contribution < -0.4 is 10.6 Å². The number of ether oxygens (including phenoxy) is 1. The van der Waals surface area contributed by atoms with Crippen LogP contribution in [0.25, 0.3) is 0 Å². The van der Waals surface area contributed by atoms with Crippen molar-refractivity contribution < 1.29 is 9.53 Å². The van der Waals surface area contributed by atoms with Crippen LogP contribution in [0.5, 0.6) is 0 Å². The third-order valence-electron chi connectivity index (χ3n) is 3.54. The number of benzene rings is 1. The summed E-state index contributed by atoms with van der Waals surface area (Å²) in [4.78, 5) is 14.2. The summed E-state index contributed by atoms with van der Waals surface area (Å²) in [5.74, 6) is 0.0551. The van der Waals surface area contributed by atoms with Crippen molar-refractivity contribution in [2.24, 2.45) is 0 Å². The van der Waals surface area contributed by atoms with Crippen molar-refractivity contribution in [2.75, 3.05) is 51.3 Å². The SMILES string of the molecule is Cc1cccc(NC(=O)CCNCCN2CCOCC2)c1. The standard InChI is InChI=1S/C16H25N3O2/c1-14-3-2-4-15(13-14)18-16(20)5-6-17-7-8-19-9-11-21-12-10-19/h2-4,13,17H,5-12H2,1H3,(H,18,20). The number of hydrogen-bond acceptors (Lipinski definition) is 4. The summed E-state index contributed by atoms with van der Waals surface area (Å²) in [6.07, 6.45) is 0.497. The molecule has 0 aromatic heterocycles. The van der Waals surface area contributed by atoms with Crippen molar-refractivity contribution in [3.05, 3.63) is 29.8 Å². The highest BCUT2D eigenvalue weighted by molar-refractivity contribution is 5.90. The molecule has 1 saturated heterocycles. The number of morpholine rings is 1. The summed E-state index contributed by atoms with van der Waals surface area (Å²) in [7, 11) is 0. The normalized spacial score (nSPS) is 15.9. The molecule has 116 valence electrons.